The van der Waals surface area contributed by atoms with Crippen LogP contribution in [0.1, 0.15) is 10.4 Å². The first-order valence-corrected chi connectivity index (χ1v) is 4.26. The molecule has 1 rings (SSSR count). The fourth-order valence-electron chi connectivity index (χ4n) is 0.883. The molecule has 0 saturated carbocycles. The molecule has 0 aliphatic heterocycles. The predicted octanol–water partition coefficient (Wildman–Crippen LogP) is 0.00930. The summed E-state index contributed by atoms with van der Waals surface area (Å²) < 4.78 is 12.6. The Morgan fingerprint density at radius 1 is 1.47 bits per heavy atom. The second-order valence-corrected chi connectivity index (χ2v) is 3.04. The number of carbonyl (C=O) groups is 1. The van der Waals surface area contributed by atoms with Crippen molar-refractivity contribution in [3.8, 4) is 5.75 Å². The number of hydrogen-bond donors (Lipinski definition) is 4. The molecule has 5 N–H and O–H groups in total. The molecular weight excluding hydrogens is 221 g/mol. The van der Waals surface area contributed by atoms with E-state index in [1.54, 1.807) is 0 Å². The number of phenolic OH excluding ortho intramolecular Hbond substituents is 1. The average Bonchev–Trinajstić information content (AvgIpc) is 2.14. The number of phenols is 1. The van der Waals surface area contributed by atoms with E-state index in [0.29, 0.717) is 0 Å². The van der Waals surface area contributed by atoms with Crippen LogP contribution in [0, 0.1) is 5.82 Å². The van der Waals surface area contributed by atoms with E-state index in [-0.39, 0.29) is 10.7 Å². The molecule has 0 saturated heterocycles. The van der Waals surface area contributed by atoms with E-state index in [9.17, 15) is 14.3 Å². The van der Waals surface area contributed by atoms with Gasteiger partial charge in [0.25, 0.3) is 5.91 Å². The van der Waals surface area contributed by atoms with E-state index in [1.807, 2.05) is 0 Å². The number of hydrazine groups is 1. The Morgan fingerprint density at radius 2 is 2.13 bits per heavy atom. The summed E-state index contributed by atoms with van der Waals surface area (Å²) in [6.45, 7) is 0. The summed E-state index contributed by atoms with van der Waals surface area (Å²) in [5, 5.41) is 9.11. The summed E-state index contributed by atoms with van der Waals surface area (Å²) in [6.07, 6.45) is 0. The zero-order valence-corrected chi connectivity index (χ0v) is 8.27. The molecule has 0 aromatic heterocycles. The second-order valence-electron chi connectivity index (χ2n) is 2.60. The Morgan fingerprint density at radius 3 is 2.67 bits per heavy atom. The van der Waals surface area contributed by atoms with Crippen LogP contribution in [0.2, 0.25) is 0 Å². The first-order valence-electron chi connectivity index (χ1n) is 3.85. The van der Waals surface area contributed by atoms with Crippen LogP contribution in [0.15, 0.2) is 18.2 Å². The van der Waals surface area contributed by atoms with Crippen LogP contribution in [0.3, 0.4) is 0 Å². The number of aromatic hydroxyl groups is 1. The third kappa shape index (κ3) is 3.06. The molecule has 1 aromatic carbocycles. The molecule has 15 heavy (non-hydrogen) atoms. The van der Waals surface area contributed by atoms with E-state index < -0.39 is 17.5 Å². The number of halogens is 1. The highest BCUT2D eigenvalue weighted by Crippen LogP contribution is 2.17. The van der Waals surface area contributed by atoms with Crippen LogP contribution in [0.5, 0.6) is 5.75 Å². The molecule has 7 heteroatoms. The highest BCUT2D eigenvalue weighted by atomic mass is 32.1. The SMILES string of the molecule is NC(=S)NNC(=O)c1ccc(F)cc1O. The van der Waals surface area contributed by atoms with E-state index >= 15 is 0 Å². The van der Waals surface area contributed by atoms with Gasteiger partial charge in [0.05, 0.1) is 5.56 Å². The van der Waals surface area contributed by atoms with Crippen LogP contribution in [-0.4, -0.2) is 16.1 Å². The summed E-state index contributed by atoms with van der Waals surface area (Å²) in [7, 11) is 0. The largest absolute Gasteiger partial charge is 0.507 e. The molecule has 80 valence electrons. The van der Waals surface area contributed by atoms with E-state index in [2.05, 4.69) is 23.1 Å². The second kappa shape index (κ2) is 4.56. The molecule has 5 nitrogen and oxygen atoms in total. The Hall–Kier alpha value is -1.89. The highest BCUT2D eigenvalue weighted by Gasteiger charge is 2.11. The normalized spacial score (nSPS) is 9.40. The molecule has 1 amide bonds. The van der Waals surface area contributed by atoms with Gasteiger partial charge in [0.1, 0.15) is 11.6 Å². The zero-order chi connectivity index (χ0) is 11.4. The van der Waals surface area contributed by atoms with Crippen molar-refractivity contribution in [2.24, 2.45) is 5.73 Å². The van der Waals surface area contributed by atoms with Crippen LogP contribution >= 0.6 is 12.2 Å². The molecule has 0 aliphatic carbocycles. The smallest absolute Gasteiger partial charge is 0.273 e. The first-order chi connectivity index (χ1) is 7.00. The number of nitrogens with two attached hydrogens (primary N) is 1. The lowest BCUT2D eigenvalue weighted by Crippen LogP contribution is -2.44. The third-order valence-corrected chi connectivity index (χ3v) is 1.61. The number of rotatable bonds is 1. The van der Waals surface area contributed by atoms with Gasteiger partial charge in [-0.1, -0.05) is 0 Å². The molecule has 0 aliphatic rings. The third-order valence-electron chi connectivity index (χ3n) is 1.50. The molecule has 0 heterocycles. The molecule has 0 spiro atoms. The standard InChI is InChI=1S/C8H8FN3O2S/c9-4-1-2-5(6(13)3-4)7(14)11-12-8(10)15/h1-3,13H,(H,11,14)(H3,10,12,15). The maximum atomic E-state index is 12.6. The van der Waals surface area contributed by atoms with Gasteiger partial charge in [0.15, 0.2) is 5.11 Å². The summed E-state index contributed by atoms with van der Waals surface area (Å²) in [4.78, 5) is 11.3. The summed E-state index contributed by atoms with van der Waals surface area (Å²) in [6, 6.07) is 3.02. The Labute approximate surface area is 90.1 Å². The number of nitrogens with one attached hydrogen (secondary N) is 2. The van der Waals surface area contributed by atoms with E-state index in [0.717, 1.165) is 18.2 Å². The van der Waals surface area contributed by atoms with Crippen molar-refractivity contribution < 1.29 is 14.3 Å². The van der Waals surface area contributed by atoms with Gasteiger partial charge in [-0.3, -0.25) is 15.6 Å². The minimum absolute atomic E-state index is 0.0832. The van der Waals surface area contributed by atoms with Gasteiger partial charge in [-0.25, -0.2) is 4.39 Å². The summed E-state index contributed by atoms with van der Waals surface area (Å²) in [5.41, 5.74) is 9.29. The van der Waals surface area contributed by atoms with Gasteiger partial charge in [-0.05, 0) is 24.4 Å². The number of thiocarbonyl (C=S) groups is 1. The van der Waals surface area contributed by atoms with Crippen molar-refractivity contribution in [3.05, 3.63) is 29.6 Å². The van der Waals surface area contributed by atoms with Crippen LogP contribution in [0.25, 0.3) is 0 Å². The summed E-state index contributed by atoms with van der Waals surface area (Å²) in [5.74, 6) is -1.76. The predicted molar refractivity (Wildman–Crippen MR) is 55.5 cm³/mol. The van der Waals surface area contributed by atoms with Crippen LogP contribution in [-0.2, 0) is 0 Å². The van der Waals surface area contributed by atoms with Gasteiger partial charge in [-0.2, -0.15) is 0 Å². The fourth-order valence-corrected chi connectivity index (χ4v) is 0.934. The molecule has 0 bridgehead atoms. The van der Waals surface area contributed by atoms with Crippen molar-refractivity contribution in [1.29, 1.82) is 0 Å². The quantitative estimate of drug-likeness (QED) is 0.402. The molecule has 0 unspecified atom stereocenters. The number of amides is 1. The van der Waals surface area contributed by atoms with Crippen LogP contribution in [0.4, 0.5) is 4.39 Å². The highest BCUT2D eigenvalue weighted by molar-refractivity contribution is 7.80. The van der Waals surface area contributed by atoms with Gasteiger partial charge < -0.3 is 10.8 Å². The lowest BCUT2D eigenvalue weighted by molar-refractivity contribution is 0.0941. The lowest BCUT2D eigenvalue weighted by atomic mass is 10.2. The van der Waals surface area contributed by atoms with Crippen molar-refractivity contribution in [2.45, 2.75) is 0 Å². The van der Waals surface area contributed by atoms with E-state index in [1.165, 1.54) is 0 Å². The van der Waals surface area contributed by atoms with Gasteiger partial charge in [-0.15, -0.1) is 0 Å². The Balaban J connectivity index is 2.78. The minimum Gasteiger partial charge on any atom is -0.507 e. The monoisotopic (exact) mass is 229 g/mol. The van der Waals surface area contributed by atoms with Crippen molar-refractivity contribution in [1.82, 2.24) is 10.9 Å². The van der Waals surface area contributed by atoms with Gasteiger partial charge in [0, 0.05) is 6.07 Å². The van der Waals surface area contributed by atoms with Crippen molar-refractivity contribution in [2.75, 3.05) is 0 Å². The number of hydrogen-bond acceptors (Lipinski definition) is 3. The van der Waals surface area contributed by atoms with Gasteiger partial charge in [0.2, 0.25) is 0 Å². The zero-order valence-electron chi connectivity index (χ0n) is 7.45. The van der Waals surface area contributed by atoms with Crippen LogP contribution < -0.4 is 16.6 Å². The van der Waals surface area contributed by atoms with Gasteiger partial charge >= 0.3 is 0 Å². The molecule has 0 radical (unpaired) electrons. The number of benzene rings is 1. The molecular formula is C8H8FN3O2S. The molecule has 0 atom stereocenters. The number of carbonyl (C=O) groups excluding carboxylic acids is 1. The molecule has 0 fully saturated rings. The van der Waals surface area contributed by atoms with E-state index in [4.69, 9.17) is 5.73 Å². The molecule has 1 aromatic rings. The van der Waals surface area contributed by atoms with Crippen molar-refractivity contribution in [3.63, 3.8) is 0 Å². The first kappa shape index (κ1) is 11.2. The fraction of sp³-hybridized carbons (Fsp3) is 0. The average molecular weight is 229 g/mol. The Bertz CT molecular complexity index is 411. The minimum atomic E-state index is -0.666. The topological polar surface area (TPSA) is 87.4 Å². The maximum absolute atomic E-state index is 12.6. The maximum Gasteiger partial charge on any atom is 0.273 e. The summed E-state index contributed by atoms with van der Waals surface area (Å²) >= 11 is 4.45. The Kier molecular flexibility index (Phi) is 3.40. The van der Waals surface area contributed by atoms with Crippen molar-refractivity contribution >= 4 is 23.2 Å². The lowest BCUT2D eigenvalue weighted by Gasteiger charge is -2.07.